The molecule has 4 rings (SSSR count). The lowest BCUT2D eigenvalue weighted by atomic mass is 10.2. The Morgan fingerprint density at radius 2 is 1.97 bits per heavy atom. The number of carbonyl (C=O) groups excluding carboxylic acids is 1. The first-order valence-corrected chi connectivity index (χ1v) is 11.7. The van der Waals surface area contributed by atoms with E-state index in [9.17, 15) is 4.79 Å². The number of nitrogens with one attached hydrogen (secondary N) is 1. The Morgan fingerprint density at radius 1 is 1.17 bits per heavy atom. The zero-order valence-corrected chi connectivity index (χ0v) is 21.4. The van der Waals surface area contributed by atoms with Crippen LogP contribution >= 0.6 is 15.9 Å². The lowest BCUT2D eigenvalue weighted by Crippen LogP contribution is -2.27. The summed E-state index contributed by atoms with van der Waals surface area (Å²) in [5.41, 5.74) is 2.65. The fraction of sp³-hybridized carbons (Fsp3) is 0.240. The van der Waals surface area contributed by atoms with Gasteiger partial charge in [0, 0.05) is 24.2 Å². The molecule has 35 heavy (non-hydrogen) atoms. The van der Waals surface area contributed by atoms with E-state index < -0.39 is 17.8 Å². The normalized spacial score (nSPS) is 12.3. The SMILES string of the molecule is C=C[C@H](Oc1cc2nc(C)ccc2nc1NC(=O)OC(C)(C)C)c1nc(Br)ccc1-n1cccn1. The molecule has 180 valence electrons. The maximum Gasteiger partial charge on any atom is 0.413 e. The average Bonchev–Trinajstić information content (AvgIpc) is 3.31. The summed E-state index contributed by atoms with van der Waals surface area (Å²) in [5, 5.41) is 7.02. The molecule has 4 aromatic rings. The monoisotopic (exact) mass is 536 g/mol. The molecule has 1 amide bonds. The van der Waals surface area contributed by atoms with E-state index in [2.05, 4.69) is 47.9 Å². The van der Waals surface area contributed by atoms with E-state index in [0.717, 1.165) is 5.69 Å². The summed E-state index contributed by atoms with van der Waals surface area (Å²) < 4.78 is 14.1. The third-order valence-corrected chi connectivity index (χ3v) is 5.19. The number of fused-ring (bicyclic) bond motifs is 1. The van der Waals surface area contributed by atoms with Gasteiger partial charge in [-0.2, -0.15) is 5.10 Å². The molecule has 0 fully saturated rings. The number of carbonyl (C=O) groups is 1. The molecule has 0 saturated heterocycles. The van der Waals surface area contributed by atoms with E-state index in [1.54, 1.807) is 43.8 Å². The van der Waals surface area contributed by atoms with Gasteiger partial charge in [0.2, 0.25) is 0 Å². The van der Waals surface area contributed by atoms with Gasteiger partial charge in [-0.3, -0.25) is 10.3 Å². The number of rotatable bonds is 6. The van der Waals surface area contributed by atoms with Crippen LogP contribution in [0, 0.1) is 6.92 Å². The van der Waals surface area contributed by atoms with Gasteiger partial charge in [0.15, 0.2) is 17.7 Å². The highest BCUT2D eigenvalue weighted by Gasteiger charge is 2.23. The lowest BCUT2D eigenvalue weighted by Gasteiger charge is -2.22. The highest BCUT2D eigenvalue weighted by atomic mass is 79.9. The van der Waals surface area contributed by atoms with Crippen molar-refractivity contribution in [2.45, 2.75) is 39.4 Å². The second kappa shape index (κ2) is 9.83. The molecule has 0 unspecified atom stereocenters. The van der Waals surface area contributed by atoms with Crippen molar-refractivity contribution in [1.29, 1.82) is 0 Å². The van der Waals surface area contributed by atoms with Crippen LogP contribution in [0.4, 0.5) is 10.6 Å². The molecule has 0 spiro atoms. The number of aromatic nitrogens is 5. The Morgan fingerprint density at radius 3 is 2.66 bits per heavy atom. The van der Waals surface area contributed by atoms with E-state index in [4.69, 9.17) is 9.47 Å². The molecule has 1 N–H and O–H groups in total. The zero-order valence-electron chi connectivity index (χ0n) is 19.8. The lowest BCUT2D eigenvalue weighted by molar-refractivity contribution is 0.0634. The Labute approximate surface area is 211 Å². The van der Waals surface area contributed by atoms with Gasteiger partial charge in [-0.15, -0.1) is 0 Å². The van der Waals surface area contributed by atoms with E-state index in [0.29, 0.717) is 32.8 Å². The molecular weight excluding hydrogens is 512 g/mol. The van der Waals surface area contributed by atoms with Gasteiger partial charge in [0.1, 0.15) is 15.9 Å². The Balaban J connectivity index is 1.77. The van der Waals surface area contributed by atoms with Crippen molar-refractivity contribution in [3.8, 4) is 11.4 Å². The van der Waals surface area contributed by atoms with Crippen LogP contribution in [0.1, 0.15) is 38.3 Å². The minimum atomic E-state index is -0.699. The van der Waals surface area contributed by atoms with Gasteiger partial charge in [-0.05, 0) is 80.0 Å². The van der Waals surface area contributed by atoms with Crippen molar-refractivity contribution in [3.63, 3.8) is 0 Å². The highest BCUT2D eigenvalue weighted by Crippen LogP contribution is 2.33. The van der Waals surface area contributed by atoms with Crippen LogP contribution in [0.2, 0.25) is 0 Å². The first-order chi connectivity index (χ1) is 16.6. The number of nitrogens with zero attached hydrogens (tertiary/aromatic N) is 5. The minimum Gasteiger partial charge on any atom is -0.476 e. The largest absolute Gasteiger partial charge is 0.476 e. The van der Waals surface area contributed by atoms with Crippen molar-refractivity contribution in [2.24, 2.45) is 0 Å². The maximum atomic E-state index is 12.6. The van der Waals surface area contributed by atoms with Crippen molar-refractivity contribution in [1.82, 2.24) is 24.7 Å². The minimum absolute atomic E-state index is 0.194. The van der Waals surface area contributed by atoms with Gasteiger partial charge in [-0.1, -0.05) is 6.58 Å². The Kier molecular flexibility index (Phi) is 6.83. The number of aryl methyl sites for hydroxylation is 1. The van der Waals surface area contributed by atoms with E-state index >= 15 is 0 Å². The number of pyridine rings is 3. The molecule has 0 aliphatic heterocycles. The van der Waals surface area contributed by atoms with E-state index in [1.807, 2.05) is 43.5 Å². The van der Waals surface area contributed by atoms with Gasteiger partial charge in [-0.25, -0.2) is 19.4 Å². The third-order valence-electron chi connectivity index (χ3n) is 4.75. The first-order valence-electron chi connectivity index (χ1n) is 10.9. The number of amides is 1. The average molecular weight is 537 g/mol. The summed E-state index contributed by atoms with van der Waals surface area (Å²) in [4.78, 5) is 26.3. The molecule has 9 nitrogen and oxygen atoms in total. The quantitative estimate of drug-likeness (QED) is 0.240. The fourth-order valence-electron chi connectivity index (χ4n) is 3.33. The number of ether oxygens (including phenoxy) is 2. The van der Waals surface area contributed by atoms with Crippen LogP contribution in [0.3, 0.4) is 0 Å². The predicted octanol–water partition coefficient (Wildman–Crippen LogP) is 5.93. The van der Waals surface area contributed by atoms with Crippen molar-refractivity contribution in [3.05, 3.63) is 77.4 Å². The summed E-state index contributed by atoms with van der Waals surface area (Å²) in [6.45, 7) is 11.2. The smallest absolute Gasteiger partial charge is 0.413 e. The number of halogens is 1. The summed E-state index contributed by atoms with van der Waals surface area (Å²) in [6, 6.07) is 10.9. The summed E-state index contributed by atoms with van der Waals surface area (Å²) >= 11 is 3.43. The molecule has 0 aliphatic carbocycles. The third kappa shape index (κ3) is 5.83. The second-order valence-electron chi connectivity index (χ2n) is 8.72. The molecule has 0 aromatic carbocycles. The molecule has 10 heteroatoms. The predicted molar refractivity (Wildman–Crippen MR) is 137 cm³/mol. The Hall–Kier alpha value is -3.79. The molecular formula is C25H25BrN6O3. The van der Waals surface area contributed by atoms with Gasteiger partial charge in [0.05, 0.1) is 16.7 Å². The van der Waals surface area contributed by atoms with Crippen LogP contribution in [-0.2, 0) is 4.74 Å². The van der Waals surface area contributed by atoms with Crippen molar-refractivity contribution < 1.29 is 14.3 Å². The van der Waals surface area contributed by atoms with Crippen LogP contribution in [0.15, 0.2) is 66.1 Å². The molecule has 1 atom stereocenters. The number of hydrogen-bond acceptors (Lipinski definition) is 7. The fourth-order valence-corrected chi connectivity index (χ4v) is 3.65. The van der Waals surface area contributed by atoms with Gasteiger partial charge >= 0.3 is 6.09 Å². The van der Waals surface area contributed by atoms with Gasteiger partial charge < -0.3 is 9.47 Å². The molecule has 0 saturated carbocycles. The number of hydrogen-bond donors (Lipinski definition) is 1. The molecule has 0 radical (unpaired) electrons. The zero-order chi connectivity index (χ0) is 25.2. The Bertz CT molecular complexity index is 1380. The van der Waals surface area contributed by atoms with Crippen LogP contribution in [0.25, 0.3) is 16.7 Å². The molecule has 4 aromatic heterocycles. The molecule has 0 bridgehead atoms. The summed E-state index contributed by atoms with van der Waals surface area (Å²) in [5.74, 6) is 0.486. The van der Waals surface area contributed by atoms with Gasteiger partial charge in [0.25, 0.3) is 0 Å². The van der Waals surface area contributed by atoms with Crippen LogP contribution in [-0.4, -0.2) is 36.4 Å². The highest BCUT2D eigenvalue weighted by molar-refractivity contribution is 9.10. The van der Waals surface area contributed by atoms with E-state index in [1.165, 1.54) is 0 Å². The van der Waals surface area contributed by atoms with Crippen LogP contribution in [0.5, 0.6) is 5.75 Å². The van der Waals surface area contributed by atoms with Crippen molar-refractivity contribution >= 4 is 38.9 Å². The topological polar surface area (TPSA) is 104 Å². The number of anilines is 1. The van der Waals surface area contributed by atoms with Crippen molar-refractivity contribution in [2.75, 3.05) is 5.32 Å². The summed E-state index contributed by atoms with van der Waals surface area (Å²) in [6.07, 6.45) is 3.76. The first kappa shape index (κ1) is 24.3. The molecule has 4 heterocycles. The summed E-state index contributed by atoms with van der Waals surface area (Å²) in [7, 11) is 0. The second-order valence-corrected chi connectivity index (χ2v) is 9.53. The standard InChI is InChI=1S/C25H25BrN6O3/c1-6-19(22-18(10-11-21(26)30-22)32-13-7-12-27-32)34-20-14-17-16(9-8-15(2)28-17)29-23(20)31-24(33)35-25(3,4)5/h6-14,19H,1H2,2-5H3,(H,29,31,33)/t19-/m0/s1. The van der Waals surface area contributed by atoms with Crippen LogP contribution < -0.4 is 10.1 Å². The molecule has 0 aliphatic rings. The maximum absolute atomic E-state index is 12.6. The van der Waals surface area contributed by atoms with E-state index in [-0.39, 0.29) is 5.82 Å².